The highest BCUT2D eigenvalue weighted by atomic mass is 35.5. The predicted molar refractivity (Wildman–Crippen MR) is 67.0 cm³/mol. The Hall–Kier alpha value is -0.340. The Morgan fingerprint density at radius 2 is 2.27 bits per heavy atom. The third-order valence-corrected chi connectivity index (χ3v) is 4.62. The molecule has 1 aromatic rings. The van der Waals surface area contributed by atoms with Crippen LogP contribution in [-0.4, -0.2) is 12.4 Å². The van der Waals surface area contributed by atoms with Gasteiger partial charge in [-0.25, -0.2) is 0 Å². The molecule has 1 heterocycles. The summed E-state index contributed by atoms with van der Waals surface area (Å²) in [6.07, 6.45) is 1.24. The fraction of sp³-hybridized carbons (Fsp3) is 0.500. The first-order valence-corrected chi connectivity index (χ1v) is 6.59. The van der Waals surface area contributed by atoms with Gasteiger partial charge in [-0.3, -0.25) is 0 Å². The average Bonchev–Trinajstić information content (AvgIpc) is 2.18. The standard InChI is InChI=1S/C12H15ClOS/c1-3-14-11-5-4-9(8-10(11)13)12(2)6-7-15-12/h4-5,8H,3,6-7H2,1-2H3. The van der Waals surface area contributed by atoms with E-state index in [1.54, 1.807) is 0 Å². The lowest BCUT2D eigenvalue weighted by Crippen LogP contribution is -2.27. The molecule has 1 atom stereocenters. The van der Waals surface area contributed by atoms with E-state index in [9.17, 15) is 0 Å². The molecule has 0 bridgehead atoms. The minimum atomic E-state index is 0.272. The zero-order valence-electron chi connectivity index (χ0n) is 9.05. The van der Waals surface area contributed by atoms with E-state index < -0.39 is 0 Å². The lowest BCUT2D eigenvalue weighted by atomic mass is 9.96. The predicted octanol–water partition coefficient (Wildman–Crippen LogP) is 4.09. The highest BCUT2D eigenvalue weighted by Crippen LogP contribution is 2.49. The monoisotopic (exact) mass is 242 g/mol. The van der Waals surface area contributed by atoms with Crippen LogP contribution in [0.4, 0.5) is 0 Å². The molecule has 3 heteroatoms. The fourth-order valence-electron chi connectivity index (χ4n) is 1.74. The van der Waals surface area contributed by atoms with Gasteiger partial charge in [-0.15, -0.1) is 0 Å². The largest absolute Gasteiger partial charge is 0.492 e. The molecule has 0 radical (unpaired) electrons. The van der Waals surface area contributed by atoms with Crippen molar-refractivity contribution in [1.82, 2.24) is 0 Å². The van der Waals surface area contributed by atoms with Gasteiger partial charge in [-0.05, 0) is 43.7 Å². The molecule has 15 heavy (non-hydrogen) atoms. The number of hydrogen-bond donors (Lipinski definition) is 0. The summed E-state index contributed by atoms with van der Waals surface area (Å²) in [4.78, 5) is 0. The molecule has 0 saturated carbocycles. The van der Waals surface area contributed by atoms with Crippen LogP contribution in [0.1, 0.15) is 25.8 Å². The van der Waals surface area contributed by atoms with Crippen molar-refractivity contribution in [3.63, 3.8) is 0 Å². The number of benzene rings is 1. The number of thioether (sulfide) groups is 1. The summed E-state index contributed by atoms with van der Waals surface area (Å²) < 4.78 is 5.69. The number of ether oxygens (including phenoxy) is 1. The van der Waals surface area contributed by atoms with E-state index in [0.29, 0.717) is 6.61 Å². The van der Waals surface area contributed by atoms with Crippen molar-refractivity contribution in [3.8, 4) is 5.75 Å². The molecule has 0 N–H and O–H groups in total. The zero-order valence-corrected chi connectivity index (χ0v) is 10.6. The van der Waals surface area contributed by atoms with Gasteiger partial charge in [-0.1, -0.05) is 17.7 Å². The highest BCUT2D eigenvalue weighted by Gasteiger charge is 2.34. The van der Waals surface area contributed by atoms with Gasteiger partial charge in [0.2, 0.25) is 0 Å². The van der Waals surface area contributed by atoms with Crippen LogP contribution in [0.25, 0.3) is 0 Å². The van der Waals surface area contributed by atoms with E-state index in [-0.39, 0.29) is 4.75 Å². The summed E-state index contributed by atoms with van der Waals surface area (Å²) in [5, 5.41) is 0.725. The summed E-state index contributed by atoms with van der Waals surface area (Å²) in [6.45, 7) is 4.89. The molecule has 0 aromatic heterocycles. The second-order valence-electron chi connectivity index (χ2n) is 3.91. The van der Waals surface area contributed by atoms with Gasteiger partial charge in [-0.2, -0.15) is 11.8 Å². The van der Waals surface area contributed by atoms with Crippen molar-refractivity contribution in [2.24, 2.45) is 0 Å². The molecule has 82 valence electrons. The Labute approximate surface area is 100 Å². The summed E-state index contributed by atoms with van der Waals surface area (Å²) in [5.74, 6) is 2.04. The van der Waals surface area contributed by atoms with Crippen LogP contribution in [0.3, 0.4) is 0 Å². The maximum Gasteiger partial charge on any atom is 0.137 e. The summed E-state index contributed by atoms with van der Waals surface area (Å²) in [6, 6.07) is 6.15. The fourth-order valence-corrected chi connectivity index (χ4v) is 3.08. The first kappa shape index (κ1) is 11.2. The van der Waals surface area contributed by atoms with Gasteiger partial charge in [0, 0.05) is 4.75 Å². The third-order valence-electron chi connectivity index (χ3n) is 2.84. The third kappa shape index (κ3) is 2.11. The molecular weight excluding hydrogens is 228 g/mol. The number of halogens is 1. The molecule has 1 saturated heterocycles. The molecule has 1 aromatic carbocycles. The Bertz CT molecular complexity index is 361. The number of hydrogen-bond acceptors (Lipinski definition) is 2. The molecule has 2 rings (SSSR count). The second-order valence-corrected chi connectivity index (χ2v) is 5.91. The van der Waals surface area contributed by atoms with Crippen molar-refractivity contribution >= 4 is 23.4 Å². The summed E-state index contributed by atoms with van der Waals surface area (Å²) >= 11 is 8.15. The first-order valence-electron chi connectivity index (χ1n) is 5.22. The molecule has 0 aliphatic carbocycles. The van der Waals surface area contributed by atoms with Gasteiger partial charge in [0.15, 0.2) is 0 Å². The molecule has 1 aliphatic heterocycles. The lowest BCUT2D eigenvalue weighted by molar-refractivity contribution is 0.340. The van der Waals surface area contributed by atoms with Gasteiger partial charge in [0.1, 0.15) is 5.75 Å². The minimum absolute atomic E-state index is 0.272. The van der Waals surface area contributed by atoms with Crippen molar-refractivity contribution < 1.29 is 4.74 Å². The normalized spacial score (nSPS) is 24.7. The smallest absolute Gasteiger partial charge is 0.137 e. The Kier molecular flexibility index (Phi) is 3.17. The van der Waals surface area contributed by atoms with Crippen LogP contribution in [0, 0.1) is 0 Å². The molecule has 1 fully saturated rings. The van der Waals surface area contributed by atoms with Crippen molar-refractivity contribution in [3.05, 3.63) is 28.8 Å². The molecule has 0 amide bonds. The lowest BCUT2D eigenvalue weighted by Gasteiger charge is -2.38. The van der Waals surface area contributed by atoms with Crippen LogP contribution >= 0.6 is 23.4 Å². The summed E-state index contributed by atoms with van der Waals surface area (Å²) in [5.41, 5.74) is 1.31. The van der Waals surface area contributed by atoms with Crippen molar-refractivity contribution in [2.45, 2.75) is 25.0 Å². The first-order chi connectivity index (χ1) is 7.15. The maximum absolute atomic E-state index is 6.16. The van der Waals surface area contributed by atoms with Gasteiger partial charge >= 0.3 is 0 Å². The van der Waals surface area contributed by atoms with Gasteiger partial charge < -0.3 is 4.74 Å². The van der Waals surface area contributed by atoms with Crippen LogP contribution in [-0.2, 0) is 4.75 Å². The van der Waals surface area contributed by atoms with Crippen LogP contribution in [0.15, 0.2) is 18.2 Å². The minimum Gasteiger partial charge on any atom is -0.492 e. The van der Waals surface area contributed by atoms with E-state index >= 15 is 0 Å². The van der Waals surface area contributed by atoms with Gasteiger partial charge in [0.05, 0.1) is 11.6 Å². The van der Waals surface area contributed by atoms with Crippen LogP contribution in [0.5, 0.6) is 5.75 Å². The molecule has 1 unspecified atom stereocenters. The SMILES string of the molecule is CCOc1ccc(C2(C)CCS2)cc1Cl. The van der Waals surface area contributed by atoms with Crippen LogP contribution < -0.4 is 4.74 Å². The second kappa shape index (κ2) is 4.26. The van der Waals surface area contributed by atoms with E-state index in [1.807, 2.05) is 30.8 Å². The van der Waals surface area contributed by atoms with Crippen LogP contribution in [0.2, 0.25) is 5.02 Å². The van der Waals surface area contributed by atoms with E-state index in [0.717, 1.165) is 10.8 Å². The highest BCUT2D eigenvalue weighted by molar-refractivity contribution is 8.01. The summed E-state index contributed by atoms with van der Waals surface area (Å²) in [7, 11) is 0. The maximum atomic E-state index is 6.16. The Morgan fingerprint density at radius 3 is 2.73 bits per heavy atom. The van der Waals surface area contributed by atoms with Crippen molar-refractivity contribution in [1.29, 1.82) is 0 Å². The molecule has 1 nitrogen and oxygen atoms in total. The molecular formula is C12H15ClOS. The Morgan fingerprint density at radius 1 is 1.53 bits per heavy atom. The Balaban J connectivity index is 2.25. The van der Waals surface area contributed by atoms with Gasteiger partial charge in [0.25, 0.3) is 0 Å². The zero-order chi connectivity index (χ0) is 10.9. The number of rotatable bonds is 3. The molecule has 0 spiro atoms. The van der Waals surface area contributed by atoms with E-state index in [1.165, 1.54) is 17.7 Å². The molecule has 1 aliphatic rings. The average molecular weight is 243 g/mol. The van der Waals surface area contributed by atoms with Crippen molar-refractivity contribution in [2.75, 3.05) is 12.4 Å². The quantitative estimate of drug-likeness (QED) is 0.790. The van der Waals surface area contributed by atoms with E-state index in [2.05, 4.69) is 13.0 Å². The topological polar surface area (TPSA) is 9.23 Å². The van der Waals surface area contributed by atoms with E-state index in [4.69, 9.17) is 16.3 Å².